The highest BCUT2D eigenvalue weighted by atomic mass is 79.9. The first kappa shape index (κ1) is 15.6. The van der Waals surface area contributed by atoms with Crippen LogP contribution in [0.15, 0.2) is 22.7 Å². The van der Waals surface area contributed by atoms with Gasteiger partial charge in [-0.2, -0.15) is 13.2 Å². The van der Waals surface area contributed by atoms with E-state index in [0.717, 1.165) is 22.3 Å². The summed E-state index contributed by atoms with van der Waals surface area (Å²) in [5.74, 6) is 0. The lowest BCUT2D eigenvalue weighted by molar-refractivity contribution is -0.132. The van der Waals surface area contributed by atoms with E-state index in [9.17, 15) is 13.2 Å². The fourth-order valence-electron chi connectivity index (χ4n) is 1.93. The molecule has 1 aromatic carbocycles. The molecular weight excluding hydrogens is 333 g/mol. The van der Waals surface area contributed by atoms with Crippen LogP contribution in [-0.2, 0) is 6.54 Å². The molecule has 0 aliphatic heterocycles. The quantitative estimate of drug-likeness (QED) is 0.831. The standard InChI is InChI=1S/C14H18BrF3N2/c1-20(7-6-14(16,17)18)13-5-2-10(8-12(13)15)9-19-11-3-4-11/h2,5,8,11,19H,3-4,6-7,9H2,1H3. The van der Waals surface area contributed by atoms with Crippen LogP contribution in [0.5, 0.6) is 0 Å². The van der Waals surface area contributed by atoms with Gasteiger partial charge in [-0.05, 0) is 46.5 Å². The second kappa shape index (κ2) is 6.35. The van der Waals surface area contributed by atoms with Gasteiger partial charge < -0.3 is 10.2 Å². The monoisotopic (exact) mass is 350 g/mol. The first-order valence-corrected chi connectivity index (χ1v) is 7.44. The molecule has 2 nitrogen and oxygen atoms in total. The SMILES string of the molecule is CN(CCC(F)(F)F)c1ccc(CNC2CC2)cc1Br. The Morgan fingerprint density at radius 3 is 2.60 bits per heavy atom. The van der Waals surface area contributed by atoms with Crippen LogP contribution in [-0.4, -0.2) is 25.8 Å². The summed E-state index contributed by atoms with van der Waals surface area (Å²) in [6, 6.07) is 6.43. The van der Waals surface area contributed by atoms with E-state index in [1.165, 1.54) is 12.8 Å². The van der Waals surface area contributed by atoms with Gasteiger partial charge in [0.1, 0.15) is 0 Å². The zero-order valence-electron chi connectivity index (χ0n) is 11.3. The number of hydrogen-bond acceptors (Lipinski definition) is 2. The third-order valence-electron chi connectivity index (χ3n) is 3.33. The Labute approximate surface area is 125 Å². The summed E-state index contributed by atoms with van der Waals surface area (Å²) in [6.07, 6.45) is -2.45. The summed E-state index contributed by atoms with van der Waals surface area (Å²) in [6.45, 7) is 0.761. The van der Waals surface area contributed by atoms with Crippen LogP contribution in [0.1, 0.15) is 24.8 Å². The van der Waals surface area contributed by atoms with Crippen LogP contribution >= 0.6 is 15.9 Å². The summed E-state index contributed by atoms with van der Waals surface area (Å²) in [7, 11) is 1.67. The van der Waals surface area contributed by atoms with Gasteiger partial charge in [0.15, 0.2) is 0 Å². The van der Waals surface area contributed by atoms with Gasteiger partial charge >= 0.3 is 6.18 Å². The van der Waals surface area contributed by atoms with Gasteiger partial charge in [0, 0.05) is 30.7 Å². The van der Waals surface area contributed by atoms with E-state index in [1.54, 1.807) is 11.9 Å². The van der Waals surface area contributed by atoms with Crippen molar-refractivity contribution in [3.8, 4) is 0 Å². The minimum atomic E-state index is -4.12. The normalized spacial score (nSPS) is 15.4. The number of alkyl halides is 3. The van der Waals surface area contributed by atoms with E-state index < -0.39 is 12.6 Å². The number of hydrogen-bond donors (Lipinski definition) is 1. The van der Waals surface area contributed by atoms with Crippen LogP contribution in [0, 0.1) is 0 Å². The highest BCUT2D eigenvalue weighted by Crippen LogP contribution is 2.29. The second-order valence-electron chi connectivity index (χ2n) is 5.23. The van der Waals surface area contributed by atoms with E-state index in [0.29, 0.717) is 6.04 Å². The molecule has 0 spiro atoms. The molecule has 1 saturated carbocycles. The fourth-order valence-corrected chi connectivity index (χ4v) is 2.66. The molecule has 1 aromatic rings. The molecule has 0 radical (unpaired) electrons. The minimum absolute atomic E-state index is 0.0399. The van der Waals surface area contributed by atoms with E-state index in [4.69, 9.17) is 0 Å². The van der Waals surface area contributed by atoms with Gasteiger partial charge in [0.25, 0.3) is 0 Å². The summed E-state index contributed by atoms with van der Waals surface area (Å²) < 4.78 is 37.5. The average molecular weight is 351 g/mol. The van der Waals surface area contributed by atoms with Crippen molar-refractivity contribution < 1.29 is 13.2 Å². The number of nitrogens with one attached hydrogen (secondary N) is 1. The summed E-state index contributed by atoms with van der Waals surface area (Å²) >= 11 is 3.44. The van der Waals surface area contributed by atoms with Gasteiger partial charge in [-0.25, -0.2) is 0 Å². The molecule has 0 unspecified atom stereocenters. The number of anilines is 1. The molecule has 0 amide bonds. The summed E-state index contributed by atoms with van der Waals surface area (Å²) in [5.41, 5.74) is 1.92. The van der Waals surface area contributed by atoms with Crippen molar-refractivity contribution in [1.82, 2.24) is 5.32 Å². The van der Waals surface area contributed by atoms with Gasteiger partial charge in [-0.1, -0.05) is 6.07 Å². The smallest absolute Gasteiger partial charge is 0.373 e. The predicted molar refractivity (Wildman–Crippen MR) is 77.9 cm³/mol. The maximum Gasteiger partial charge on any atom is 0.390 e. The van der Waals surface area contributed by atoms with E-state index >= 15 is 0 Å². The Hall–Kier alpha value is -0.750. The van der Waals surface area contributed by atoms with E-state index in [-0.39, 0.29) is 6.54 Å². The maximum absolute atomic E-state index is 12.2. The molecule has 0 saturated heterocycles. The first-order valence-electron chi connectivity index (χ1n) is 6.65. The Bertz CT molecular complexity index is 458. The summed E-state index contributed by atoms with van der Waals surface area (Å²) in [4.78, 5) is 1.62. The molecular formula is C14H18BrF3N2. The number of halogens is 4. The highest BCUT2D eigenvalue weighted by Gasteiger charge is 2.27. The molecule has 1 aliphatic carbocycles. The zero-order valence-corrected chi connectivity index (χ0v) is 12.9. The molecule has 1 fully saturated rings. The Morgan fingerprint density at radius 1 is 1.35 bits per heavy atom. The van der Waals surface area contributed by atoms with Crippen LogP contribution in [0.2, 0.25) is 0 Å². The molecule has 2 rings (SSSR count). The number of rotatable bonds is 6. The average Bonchev–Trinajstić information content (AvgIpc) is 3.17. The molecule has 20 heavy (non-hydrogen) atoms. The predicted octanol–water partition coefficient (Wildman–Crippen LogP) is 4.09. The van der Waals surface area contributed by atoms with Crippen molar-refractivity contribution in [2.45, 2.75) is 38.0 Å². The highest BCUT2D eigenvalue weighted by molar-refractivity contribution is 9.10. The Balaban J connectivity index is 1.93. The van der Waals surface area contributed by atoms with Gasteiger partial charge in [0.2, 0.25) is 0 Å². The Morgan fingerprint density at radius 2 is 2.05 bits per heavy atom. The molecule has 1 aliphatic rings. The van der Waals surface area contributed by atoms with E-state index in [1.807, 2.05) is 18.2 Å². The molecule has 0 aromatic heterocycles. The van der Waals surface area contributed by atoms with Gasteiger partial charge in [-0.15, -0.1) is 0 Å². The summed E-state index contributed by atoms with van der Waals surface area (Å²) in [5, 5.41) is 3.41. The van der Waals surface area contributed by atoms with Crippen LogP contribution < -0.4 is 10.2 Å². The molecule has 112 valence electrons. The van der Waals surface area contributed by atoms with Crippen molar-refractivity contribution in [3.63, 3.8) is 0 Å². The Kier molecular flexibility index (Phi) is 4.96. The van der Waals surface area contributed by atoms with Gasteiger partial charge in [-0.3, -0.25) is 0 Å². The van der Waals surface area contributed by atoms with Crippen LogP contribution in [0.25, 0.3) is 0 Å². The molecule has 6 heteroatoms. The lowest BCUT2D eigenvalue weighted by Gasteiger charge is -2.22. The zero-order chi connectivity index (χ0) is 14.8. The van der Waals surface area contributed by atoms with Crippen molar-refractivity contribution in [3.05, 3.63) is 28.2 Å². The number of nitrogens with zero attached hydrogens (tertiary/aromatic N) is 1. The first-order chi connectivity index (χ1) is 9.35. The topological polar surface area (TPSA) is 15.3 Å². The van der Waals surface area contributed by atoms with Crippen molar-refractivity contribution in [1.29, 1.82) is 0 Å². The lowest BCUT2D eigenvalue weighted by atomic mass is 10.2. The van der Waals surface area contributed by atoms with Crippen LogP contribution in [0.4, 0.5) is 18.9 Å². The molecule has 0 bridgehead atoms. The third kappa shape index (κ3) is 4.98. The van der Waals surface area contributed by atoms with Gasteiger partial charge in [0.05, 0.1) is 12.1 Å². The van der Waals surface area contributed by atoms with Crippen molar-refractivity contribution in [2.75, 3.05) is 18.5 Å². The minimum Gasteiger partial charge on any atom is -0.373 e. The third-order valence-corrected chi connectivity index (χ3v) is 3.96. The maximum atomic E-state index is 12.2. The molecule has 0 heterocycles. The fraction of sp³-hybridized carbons (Fsp3) is 0.571. The second-order valence-corrected chi connectivity index (χ2v) is 6.08. The molecule has 0 atom stereocenters. The van der Waals surface area contributed by atoms with Crippen molar-refractivity contribution >= 4 is 21.6 Å². The van der Waals surface area contributed by atoms with Crippen LogP contribution in [0.3, 0.4) is 0 Å². The van der Waals surface area contributed by atoms with Crippen molar-refractivity contribution in [2.24, 2.45) is 0 Å². The molecule has 1 N–H and O–H groups in total. The largest absolute Gasteiger partial charge is 0.390 e. The van der Waals surface area contributed by atoms with E-state index in [2.05, 4.69) is 21.2 Å². The lowest BCUT2D eigenvalue weighted by Crippen LogP contribution is -2.24. The number of benzene rings is 1.